The van der Waals surface area contributed by atoms with Gasteiger partial charge in [-0.2, -0.15) is 0 Å². The van der Waals surface area contributed by atoms with Crippen LogP contribution in [0.3, 0.4) is 0 Å². The van der Waals surface area contributed by atoms with Gasteiger partial charge in [0.05, 0.1) is 12.1 Å². The van der Waals surface area contributed by atoms with Gasteiger partial charge in [-0.05, 0) is 35.6 Å². The summed E-state index contributed by atoms with van der Waals surface area (Å²) < 4.78 is 0. The van der Waals surface area contributed by atoms with Gasteiger partial charge in [-0.3, -0.25) is 4.79 Å². The Morgan fingerprint density at radius 2 is 1.90 bits per heavy atom. The Balaban J connectivity index is 2.09. The lowest BCUT2D eigenvalue weighted by atomic mass is 9.98. The minimum Gasteiger partial charge on any atom is -0.506 e. The van der Waals surface area contributed by atoms with Crippen molar-refractivity contribution in [2.45, 2.75) is 32.6 Å². The molecule has 0 saturated carbocycles. The smallest absolute Gasteiger partial charge is 0.228 e. The molecule has 0 aromatic heterocycles. The van der Waals surface area contributed by atoms with E-state index in [2.05, 4.69) is 19.2 Å². The molecular weight excluding hydrogens is 262 g/mol. The van der Waals surface area contributed by atoms with Gasteiger partial charge in [0.2, 0.25) is 5.91 Å². The fourth-order valence-corrected chi connectivity index (χ4v) is 2.17. The first kappa shape index (κ1) is 15.1. The zero-order valence-electron chi connectivity index (χ0n) is 12.5. The molecule has 0 heterocycles. The lowest BCUT2D eigenvalue weighted by Crippen LogP contribution is -2.14. The molecule has 1 unspecified atom stereocenters. The highest BCUT2D eigenvalue weighted by atomic mass is 16.3. The molecule has 1 atom stereocenters. The van der Waals surface area contributed by atoms with Crippen molar-refractivity contribution in [1.82, 2.24) is 0 Å². The van der Waals surface area contributed by atoms with Crippen LogP contribution in [0.4, 0.5) is 5.69 Å². The van der Waals surface area contributed by atoms with Gasteiger partial charge in [0.25, 0.3) is 0 Å². The van der Waals surface area contributed by atoms with Crippen LogP contribution in [-0.2, 0) is 11.2 Å². The number of carbonyl (C=O) groups is 1. The van der Waals surface area contributed by atoms with Crippen LogP contribution in [0.2, 0.25) is 0 Å². The Labute approximate surface area is 125 Å². The van der Waals surface area contributed by atoms with Gasteiger partial charge in [0.15, 0.2) is 0 Å². The van der Waals surface area contributed by atoms with Gasteiger partial charge in [-0.15, -0.1) is 0 Å². The summed E-state index contributed by atoms with van der Waals surface area (Å²) in [6, 6.07) is 14.9. The number of hydrogen-bond acceptors (Lipinski definition) is 2. The highest BCUT2D eigenvalue weighted by Gasteiger charge is 2.10. The predicted molar refractivity (Wildman–Crippen MR) is 85.6 cm³/mol. The minimum absolute atomic E-state index is 0.100. The zero-order valence-corrected chi connectivity index (χ0v) is 12.5. The highest BCUT2D eigenvalue weighted by Crippen LogP contribution is 2.29. The second-order valence-electron chi connectivity index (χ2n) is 5.30. The number of amides is 1. The number of aromatic hydroxyl groups is 1. The van der Waals surface area contributed by atoms with Gasteiger partial charge in [0.1, 0.15) is 5.75 Å². The number of carbonyl (C=O) groups excluding carboxylic acids is 1. The standard InChI is InChI=1S/C18H21NO2/c1-3-13(2)15-9-10-17(20)16(12-15)19-18(21)11-14-7-5-4-6-8-14/h4-10,12-13,20H,3,11H2,1-2H3,(H,19,21). The van der Waals surface area contributed by atoms with Crippen LogP contribution < -0.4 is 5.32 Å². The molecule has 2 rings (SSSR count). The van der Waals surface area contributed by atoms with Crippen molar-refractivity contribution in [3.8, 4) is 5.75 Å². The predicted octanol–water partition coefficient (Wildman–Crippen LogP) is 4.09. The van der Waals surface area contributed by atoms with Gasteiger partial charge in [0, 0.05) is 0 Å². The molecule has 110 valence electrons. The monoisotopic (exact) mass is 283 g/mol. The first-order chi connectivity index (χ1) is 10.1. The second kappa shape index (κ2) is 6.93. The Morgan fingerprint density at radius 3 is 2.57 bits per heavy atom. The van der Waals surface area contributed by atoms with E-state index in [-0.39, 0.29) is 11.7 Å². The first-order valence-corrected chi connectivity index (χ1v) is 7.26. The molecule has 0 saturated heterocycles. The first-order valence-electron chi connectivity index (χ1n) is 7.26. The van der Waals surface area contributed by atoms with Gasteiger partial charge in [-0.1, -0.05) is 50.2 Å². The molecule has 2 N–H and O–H groups in total. The number of hydrogen-bond donors (Lipinski definition) is 2. The molecule has 0 spiro atoms. The molecule has 21 heavy (non-hydrogen) atoms. The number of anilines is 1. The maximum atomic E-state index is 12.1. The average molecular weight is 283 g/mol. The van der Waals surface area contributed by atoms with Crippen molar-refractivity contribution in [2.75, 3.05) is 5.32 Å². The van der Waals surface area contributed by atoms with Crippen molar-refractivity contribution >= 4 is 11.6 Å². The molecular formula is C18H21NO2. The largest absolute Gasteiger partial charge is 0.506 e. The van der Waals surface area contributed by atoms with Crippen LogP contribution in [0.1, 0.15) is 37.3 Å². The zero-order chi connectivity index (χ0) is 15.2. The Hall–Kier alpha value is -2.29. The van der Waals surface area contributed by atoms with E-state index in [9.17, 15) is 9.90 Å². The Morgan fingerprint density at radius 1 is 1.19 bits per heavy atom. The third-order valence-electron chi connectivity index (χ3n) is 3.68. The van der Waals surface area contributed by atoms with E-state index in [1.54, 1.807) is 6.07 Å². The molecule has 0 fully saturated rings. The van der Waals surface area contributed by atoms with E-state index in [4.69, 9.17) is 0 Å². The van der Waals surface area contributed by atoms with E-state index < -0.39 is 0 Å². The van der Waals surface area contributed by atoms with Crippen LogP contribution in [0.5, 0.6) is 5.75 Å². The molecule has 0 aliphatic carbocycles. The quantitative estimate of drug-likeness (QED) is 0.812. The molecule has 3 nitrogen and oxygen atoms in total. The van der Waals surface area contributed by atoms with E-state index in [0.717, 1.165) is 17.5 Å². The molecule has 0 radical (unpaired) electrons. The molecule has 2 aromatic rings. The van der Waals surface area contributed by atoms with E-state index in [1.165, 1.54) is 0 Å². The molecule has 1 amide bonds. The van der Waals surface area contributed by atoms with Crippen LogP contribution in [-0.4, -0.2) is 11.0 Å². The summed E-state index contributed by atoms with van der Waals surface area (Å²) in [7, 11) is 0. The number of rotatable bonds is 5. The number of phenols is 1. The van der Waals surface area contributed by atoms with Crippen molar-refractivity contribution < 1.29 is 9.90 Å². The second-order valence-corrected chi connectivity index (χ2v) is 5.30. The summed E-state index contributed by atoms with van der Waals surface area (Å²) >= 11 is 0. The number of benzene rings is 2. The lowest BCUT2D eigenvalue weighted by Gasteiger charge is -2.13. The molecule has 0 aliphatic rings. The third-order valence-corrected chi connectivity index (χ3v) is 3.68. The minimum atomic E-state index is -0.127. The summed E-state index contributed by atoms with van der Waals surface area (Å²) in [6.45, 7) is 4.24. The van der Waals surface area contributed by atoms with E-state index in [0.29, 0.717) is 18.0 Å². The number of phenolic OH excluding ortho intramolecular Hbond substituents is 1. The summed E-state index contributed by atoms with van der Waals surface area (Å²) in [4.78, 5) is 12.1. The van der Waals surface area contributed by atoms with Crippen LogP contribution in [0.25, 0.3) is 0 Å². The van der Waals surface area contributed by atoms with E-state index in [1.807, 2.05) is 42.5 Å². The van der Waals surface area contributed by atoms with Crippen molar-refractivity contribution in [3.05, 3.63) is 59.7 Å². The average Bonchev–Trinajstić information content (AvgIpc) is 2.49. The summed E-state index contributed by atoms with van der Waals surface area (Å²) in [5.41, 5.74) is 2.55. The maximum Gasteiger partial charge on any atom is 0.228 e. The SMILES string of the molecule is CCC(C)c1ccc(O)c(NC(=O)Cc2ccccc2)c1. The van der Waals surface area contributed by atoms with Crippen molar-refractivity contribution in [3.63, 3.8) is 0 Å². The summed E-state index contributed by atoms with van der Waals surface area (Å²) in [5, 5.41) is 12.7. The van der Waals surface area contributed by atoms with E-state index >= 15 is 0 Å². The Bertz CT molecular complexity index is 608. The van der Waals surface area contributed by atoms with Gasteiger partial charge >= 0.3 is 0 Å². The van der Waals surface area contributed by atoms with Crippen molar-refractivity contribution in [1.29, 1.82) is 0 Å². The Kier molecular flexibility index (Phi) is 4.99. The van der Waals surface area contributed by atoms with Gasteiger partial charge < -0.3 is 10.4 Å². The lowest BCUT2D eigenvalue weighted by molar-refractivity contribution is -0.115. The van der Waals surface area contributed by atoms with Crippen molar-refractivity contribution in [2.24, 2.45) is 0 Å². The normalized spacial score (nSPS) is 11.9. The molecule has 2 aromatic carbocycles. The van der Waals surface area contributed by atoms with Crippen LogP contribution in [0.15, 0.2) is 48.5 Å². The molecule has 0 bridgehead atoms. The molecule has 0 aliphatic heterocycles. The fraction of sp³-hybridized carbons (Fsp3) is 0.278. The number of nitrogens with one attached hydrogen (secondary N) is 1. The summed E-state index contributed by atoms with van der Waals surface area (Å²) in [6.07, 6.45) is 1.32. The van der Waals surface area contributed by atoms with Crippen LogP contribution >= 0.6 is 0 Å². The highest BCUT2D eigenvalue weighted by molar-refractivity contribution is 5.93. The molecule has 3 heteroatoms. The topological polar surface area (TPSA) is 49.3 Å². The summed E-state index contributed by atoms with van der Waals surface area (Å²) in [5.74, 6) is 0.372. The maximum absolute atomic E-state index is 12.1. The third kappa shape index (κ3) is 4.09. The van der Waals surface area contributed by atoms with Crippen LogP contribution in [0, 0.1) is 0 Å². The van der Waals surface area contributed by atoms with Gasteiger partial charge in [-0.25, -0.2) is 0 Å². The fourth-order valence-electron chi connectivity index (χ4n) is 2.17.